The molecule has 0 aliphatic rings. The Bertz CT molecular complexity index is 892. The molecule has 5 heteroatoms. The molecule has 3 aromatic carbocycles. The highest BCUT2D eigenvalue weighted by Crippen LogP contribution is 2.29. The van der Waals surface area contributed by atoms with Crippen LogP contribution in [0.1, 0.15) is 0 Å². The number of para-hydroxylation sites is 1. The smallest absolute Gasteiger partial charge is 0.162 e. The highest BCUT2D eigenvalue weighted by molar-refractivity contribution is 8.14. The molecule has 0 aliphatic carbocycles. The summed E-state index contributed by atoms with van der Waals surface area (Å²) in [5.41, 5.74) is 0.682. The Kier molecular flexibility index (Phi) is 6.63. The van der Waals surface area contributed by atoms with Gasteiger partial charge in [-0.2, -0.15) is 0 Å². The van der Waals surface area contributed by atoms with Gasteiger partial charge >= 0.3 is 0 Å². The van der Waals surface area contributed by atoms with Gasteiger partial charge in [-0.25, -0.2) is 13.8 Å². The molecule has 0 atom stereocenters. The SMILES string of the molecule is FC(=C\Sc1ccc(F)cc1)/C(=N/c1ccccc1)Sc1ccccc1. The fourth-order valence-electron chi connectivity index (χ4n) is 2.03. The van der Waals surface area contributed by atoms with E-state index in [9.17, 15) is 8.78 Å². The van der Waals surface area contributed by atoms with E-state index in [0.717, 1.165) is 9.79 Å². The molecule has 130 valence electrons. The van der Waals surface area contributed by atoms with Crippen molar-refractivity contribution >= 4 is 34.3 Å². The summed E-state index contributed by atoms with van der Waals surface area (Å²) in [6.45, 7) is 0. The highest BCUT2D eigenvalue weighted by Gasteiger charge is 2.10. The quantitative estimate of drug-likeness (QED) is 0.261. The van der Waals surface area contributed by atoms with Gasteiger partial charge in [0.15, 0.2) is 5.83 Å². The minimum atomic E-state index is -0.433. The number of hydrogen-bond acceptors (Lipinski definition) is 3. The number of hydrogen-bond donors (Lipinski definition) is 0. The molecule has 26 heavy (non-hydrogen) atoms. The molecule has 0 heterocycles. The second kappa shape index (κ2) is 9.36. The first-order chi connectivity index (χ1) is 12.7. The van der Waals surface area contributed by atoms with Gasteiger partial charge < -0.3 is 0 Å². The summed E-state index contributed by atoms with van der Waals surface area (Å²) < 4.78 is 27.8. The fraction of sp³-hybridized carbons (Fsp3) is 0. The maximum absolute atomic E-state index is 14.8. The zero-order chi connectivity index (χ0) is 18.2. The molecule has 0 unspecified atom stereocenters. The van der Waals surface area contributed by atoms with Crippen LogP contribution in [0.25, 0.3) is 0 Å². The maximum atomic E-state index is 14.8. The Morgan fingerprint density at radius 2 is 1.38 bits per heavy atom. The predicted octanol–water partition coefficient (Wildman–Crippen LogP) is 7.25. The van der Waals surface area contributed by atoms with E-state index in [1.807, 2.05) is 60.7 Å². The highest BCUT2D eigenvalue weighted by atomic mass is 32.2. The van der Waals surface area contributed by atoms with Crippen molar-refractivity contribution in [3.8, 4) is 0 Å². The van der Waals surface area contributed by atoms with Crippen LogP contribution in [0.15, 0.2) is 111 Å². The van der Waals surface area contributed by atoms with E-state index in [-0.39, 0.29) is 10.9 Å². The van der Waals surface area contributed by atoms with Gasteiger partial charge in [0, 0.05) is 15.2 Å². The first-order valence-electron chi connectivity index (χ1n) is 7.85. The first kappa shape index (κ1) is 18.4. The zero-order valence-electron chi connectivity index (χ0n) is 13.7. The van der Waals surface area contributed by atoms with E-state index in [4.69, 9.17) is 0 Å². The number of rotatable bonds is 5. The second-order valence-corrected chi connectivity index (χ2v) is 7.21. The van der Waals surface area contributed by atoms with Crippen LogP contribution in [0.2, 0.25) is 0 Å². The van der Waals surface area contributed by atoms with Gasteiger partial charge in [0.1, 0.15) is 10.9 Å². The molecule has 0 aliphatic heterocycles. The first-order valence-corrected chi connectivity index (χ1v) is 9.55. The monoisotopic (exact) mass is 383 g/mol. The Balaban J connectivity index is 1.85. The van der Waals surface area contributed by atoms with Gasteiger partial charge in [-0.3, -0.25) is 0 Å². The van der Waals surface area contributed by atoms with Crippen molar-refractivity contribution in [2.24, 2.45) is 4.99 Å². The van der Waals surface area contributed by atoms with E-state index in [1.54, 1.807) is 12.1 Å². The summed E-state index contributed by atoms with van der Waals surface area (Å²) in [6, 6.07) is 24.7. The second-order valence-electron chi connectivity index (χ2n) is 5.21. The van der Waals surface area contributed by atoms with Crippen molar-refractivity contribution in [1.29, 1.82) is 0 Å². The third kappa shape index (κ3) is 5.58. The lowest BCUT2D eigenvalue weighted by Gasteiger charge is -2.05. The standard InChI is InChI=1S/C21H15F2NS2/c22-16-11-13-18(14-12-16)25-15-20(23)21(24-17-7-3-1-4-8-17)26-19-9-5-2-6-10-19/h1-15H/b20-15-,24-21-. The van der Waals surface area contributed by atoms with Crippen molar-refractivity contribution in [3.63, 3.8) is 0 Å². The lowest BCUT2D eigenvalue weighted by molar-refractivity contribution is 0.626. The Morgan fingerprint density at radius 3 is 2.04 bits per heavy atom. The average Bonchev–Trinajstić information content (AvgIpc) is 2.68. The normalized spacial score (nSPS) is 12.2. The number of halogens is 2. The molecular weight excluding hydrogens is 368 g/mol. The average molecular weight is 383 g/mol. The van der Waals surface area contributed by atoms with E-state index >= 15 is 0 Å². The number of nitrogens with zero attached hydrogens (tertiary/aromatic N) is 1. The largest absolute Gasteiger partial charge is 0.239 e. The molecule has 3 aromatic rings. The van der Waals surface area contributed by atoms with E-state index < -0.39 is 5.83 Å². The van der Waals surface area contributed by atoms with Gasteiger partial charge in [0.2, 0.25) is 0 Å². The number of aliphatic imine (C=N–C) groups is 1. The van der Waals surface area contributed by atoms with Crippen molar-refractivity contribution in [2.75, 3.05) is 0 Å². The molecule has 0 spiro atoms. The third-order valence-electron chi connectivity index (χ3n) is 3.26. The van der Waals surface area contributed by atoms with Gasteiger partial charge in [0.05, 0.1) is 5.69 Å². The summed E-state index contributed by atoms with van der Waals surface area (Å²) in [6.07, 6.45) is 0. The third-order valence-corrected chi connectivity index (χ3v) is 5.12. The predicted molar refractivity (Wildman–Crippen MR) is 107 cm³/mol. The van der Waals surface area contributed by atoms with E-state index in [0.29, 0.717) is 5.69 Å². The number of benzene rings is 3. The van der Waals surface area contributed by atoms with Gasteiger partial charge in [-0.1, -0.05) is 59.9 Å². The van der Waals surface area contributed by atoms with Crippen molar-refractivity contribution in [1.82, 2.24) is 0 Å². The molecule has 0 radical (unpaired) electrons. The molecule has 1 nitrogen and oxygen atoms in total. The van der Waals surface area contributed by atoms with Crippen LogP contribution >= 0.6 is 23.5 Å². The van der Waals surface area contributed by atoms with Crippen molar-refractivity contribution in [2.45, 2.75) is 9.79 Å². The Hall–Kier alpha value is -2.37. The molecule has 3 rings (SSSR count). The van der Waals surface area contributed by atoms with E-state index in [1.165, 1.54) is 41.1 Å². The van der Waals surface area contributed by atoms with Crippen molar-refractivity contribution < 1.29 is 8.78 Å². The summed E-state index contributed by atoms with van der Waals surface area (Å²) >= 11 is 2.45. The summed E-state index contributed by atoms with van der Waals surface area (Å²) in [4.78, 5) is 6.10. The van der Waals surface area contributed by atoms with Crippen molar-refractivity contribution in [3.05, 3.63) is 102 Å². The molecule has 0 amide bonds. The molecule has 0 bridgehead atoms. The Morgan fingerprint density at radius 1 is 0.769 bits per heavy atom. The Labute approximate surface area is 159 Å². The van der Waals surface area contributed by atoms with Crippen LogP contribution in [0, 0.1) is 5.82 Å². The topological polar surface area (TPSA) is 12.4 Å². The van der Waals surface area contributed by atoms with Crippen LogP contribution in [-0.2, 0) is 0 Å². The molecule has 0 N–H and O–H groups in total. The van der Waals surface area contributed by atoms with Crippen LogP contribution in [0.5, 0.6) is 0 Å². The van der Waals surface area contributed by atoms with Crippen LogP contribution in [0.4, 0.5) is 14.5 Å². The minimum Gasteiger partial charge on any atom is -0.239 e. The summed E-state index contributed by atoms with van der Waals surface area (Å²) in [7, 11) is 0. The van der Waals surface area contributed by atoms with Crippen LogP contribution in [0.3, 0.4) is 0 Å². The van der Waals surface area contributed by atoms with E-state index in [2.05, 4.69) is 4.99 Å². The van der Waals surface area contributed by atoms with Crippen LogP contribution in [-0.4, -0.2) is 5.04 Å². The number of thioether (sulfide) groups is 2. The minimum absolute atomic E-state index is 0.275. The van der Waals surface area contributed by atoms with Gasteiger partial charge in [-0.05, 0) is 48.5 Å². The molecule has 0 saturated carbocycles. The van der Waals surface area contributed by atoms with Crippen LogP contribution < -0.4 is 0 Å². The molecular formula is C21H15F2NS2. The molecule has 0 fully saturated rings. The fourth-order valence-corrected chi connectivity index (χ4v) is 3.57. The maximum Gasteiger partial charge on any atom is 0.162 e. The van der Waals surface area contributed by atoms with Gasteiger partial charge in [0.25, 0.3) is 0 Å². The lowest BCUT2D eigenvalue weighted by atomic mass is 10.3. The zero-order valence-corrected chi connectivity index (χ0v) is 15.3. The summed E-state index contributed by atoms with van der Waals surface area (Å²) in [5, 5.41) is 1.67. The summed E-state index contributed by atoms with van der Waals surface area (Å²) in [5.74, 6) is -0.748. The molecule has 0 saturated heterocycles. The lowest BCUT2D eigenvalue weighted by Crippen LogP contribution is -1.93. The molecule has 0 aromatic heterocycles. The van der Waals surface area contributed by atoms with Gasteiger partial charge in [-0.15, -0.1) is 0 Å².